The monoisotopic (exact) mass is 479 g/mol. The molecule has 3 heterocycles. The summed E-state index contributed by atoms with van der Waals surface area (Å²) in [5.74, 6) is 0.0841. The van der Waals surface area contributed by atoms with E-state index in [1.807, 2.05) is 30.5 Å². The Balaban J connectivity index is 1.47. The van der Waals surface area contributed by atoms with Crippen LogP contribution in [0.5, 0.6) is 0 Å². The van der Waals surface area contributed by atoms with Crippen molar-refractivity contribution in [2.45, 2.75) is 25.1 Å². The van der Waals surface area contributed by atoms with E-state index in [0.717, 1.165) is 23.0 Å². The molecule has 1 aliphatic rings. The first-order chi connectivity index (χ1) is 16.8. The van der Waals surface area contributed by atoms with Gasteiger partial charge in [-0.3, -0.25) is 9.59 Å². The summed E-state index contributed by atoms with van der Waals surface area (Å²) in [4.78, 5) is 37.2. The molecule has 2 aromatic heterocycles. The standard InChI is InChI=1S/C25H20F3N5O2/c26-25(27,28)17-4-1-14(2-5-17)11-21(34)20-13-22(31-19-8-10-30-24(19)35)33-23(32-20)16-3-6-18-15(12-16)7-9-29-18/h1-7,9,12-13,19,29H,8,10-11H2,(H,30,35)(H,31,32,33). The molecule has 10 heteroatoms. The number of Topliss-reactive ketones (excluding diaryl/α,β-unsaturated/α-hetero) is 1. The summed E-state index contributed by atoms with van der Waals surface area (Å²) in [5, 5.41) is 6.75. The van der Waals surface area contributed by atoms with Gasteiger partial charge in [-0.05, 0) is 48.4 Å². The number of alkyl halides is 3. The summed E-state index contributed by atoms with van der Waals surface area (Å²) in [7, 11) is 0. The molecule has 35 heavy (non-hydrogen) atoms. The lowest BCUT2D eigenvalue weighted by Gasteiger charge is -2.13. The molecule has 2 aromatic carbocycles. The Morgan fingerprint density at radius 2 is 1.86 bits per heavy atom. The van der Waals surface area contributed by atoms with Crippen LogP contribution in [0.1, 0.15) is 28.0 Å². The lowest BCUT2D eigenvalue weighted by molar-refractivity contribution is -0.137. The van der Waals surface area contributed by atoms with Crippen LogP contribution in [0.25, 0.3) is 22.3 Å². The summed E-state index contributed by atoms with van der Waals surface area (Å²) in [6.07, 6.45) is -2.19. The first-order valence-electron chi connectivity index (χ1n) is 11.0. The van der Waals surface area contributed by atoms with Crippen molar-refractivity contribution in [3.05, 3.63) is 77.6 Å². The van der Waals surface area contributed by atoms with E-state index in [2.05, 4.69) is 25.6 Å². The normalized spacial score (nSPS) is 15.9. The van der Waals surface area contributed by atoms with Gasteiger partial charge in [0.1, 0.15) is 17.6 Å². The third kappa shape index (κ3) is 4.86. The van der Waals surface area contributed by atoms with Gasteiger partial charge in [0.25, 0.3) is 0 Å². The van der Waals surface area contributed by atoms with Crippen molar-refractivity contribution >= 4 is 28.4 Å². The van der Waals surface area contributed by atoms with Crippen molar-refractivity contribution in [3.8, 4) is 11.4 Å². The van der Waals surface area contributed by atoms with Crippen LogP contribution in [-0.2, 0) is 17.4 Å². The highest BCUT2D eigenvalue weighted by Crippen LogP contribution is 2.29. The van der Waals surface area contributed by atoms with Gasteiger partial charge in [-0.2, -0.15) is 13.2 Å². The lowest BCUT2D eigenvalue weighted by Crippen LogP contribution is -2.30. The molecular formula is C25H20F3N5O2. The van der Waals surface area contributed by atoms with Crippen molar-refractivity contribution in [1.29, 1.82) is 0 Å². The number of carbonyl (C=O) groups is 2. The second-order valence-electron chi connectivity index (χ2n) is 8.31. The molecule has 1 fully saturated rings. The second-order valence-corrected chi connectivity index (χ2v) is 8.31. The molecule has 1 amide bonds. The van der Waals surface area contributed by atoms with Crippen molar-refractivity contribution in [2.75, 3.05) is 11.9 Å². The number of rotatable bonds is 6. The van der Waals surface area contributed by atoms with Gasteiger partial charge >= 0.3 is 6.18 Å². The third-order valence-electron chi connectivity index (χ3n) is 5.84. The third-order valence-corrected chi connectivity index (χ3v) is 5.84. The van der Waals surface area contributed by atoms with Crippen LogP contribution in [-0.4, -0.2) is 39.2 Å². The van der Waals surface area contributed by atoms with Crippen molar-refractivity contribution in [3.63, 3.8) is 0 Å². The Morgan fingerprint density at radius 3 is 2.57 bits per heavy atom. The Labute approximate surface area is 197 Å². The predicted octanol–water partition coefficient (Wildman–Crippen LogP) is 4.37. The molecule has 178 valence electrons. The van der Waals surface area contributed by atoms with Crippen LogP contribution in [0, 0.1) is 0 Å². The molecule has 5 rings (SSSR count). The fourth-order valence-electron chi connectivity index (χ4n) is 3.98. The van der Waals surface area contributed by atoms with Crippen molar-refractivity contribution in [1.82, 2.24) is 20.3 Å². The zero-order chi connectivity index (χ0) is 24.6. The van der Waals surface area contributed by atoms with Crippen LogP contribution in [0.4, 0.5) is 19.0 Å². The van der Waals surface area contributed by atoms with Gasteiger partial charge in [-0.1, -0.05) is 12.1 Å². The van der Waals surface area contributed by atoms with Gasteiger partial charge in [0.2, 0.25) is 5.91 Å². The van der Waals surface area contributed by atoms with E-state index < -0.39 is 17.8 Å². The number of benzene rings is 2. The van der Waals surface area contributed by atoms with Crippen molar-refractivity contribution < 1.29 is 22.8 Å². The topological polar surface area (TPSA) is 99.8 Å². The van der Waals surface area contributed by atoms with E-state index in [4.69, 9.17) is 0 Å². The molecule has 1 atom stereocenters. The first kappa shape index (κ1) is 22.6. The van der Waals surface area contributed by atoms with Gasteiger partial charge in [0.15, 0.2) is 11.6 Å². The maximum absolute atomic E-state index is 13.1. The summed E-state index contributed by atoms with van der Waals surface area (Å²) < 4.78 is 38.5. The number of hydrogen-bond donors (Lipinski definition) is 3. The molecule has 0 radical (unpaired) electrons. The largest absolute Gasteiger partial charge is 0.416 e. The number of halogens is 3. The number of nitrogens with zero attached hydrogens (tertiary/aromatic N) is 2. The van der Waals surface area contributed by atoms with Crippen LogP contribution >= 0.6 is 0 Å². The summed E-state index contributed by atoms with van der Waals surface area (Å²) in [6.45, 7) is 0.540. The van der Waals surface area contributed by atoms with Gasteiger partial charge in [-0.15, -0.1) is 0 Å². The highest BCUT2D eigenvalue weighted by atomic mass is 19.4. The zero-order valence-electron chi connectivity index (χ0n) is 18.3. The number of amides is 1. The average Bonchev–Trinajstić information content (AvgIpc) is 3.47. The quantitative estimate of drug-likeness (QED) is 0.357. The Morgan fingerprint density at radius 1 is 1.06 bits per heavy atom. The van der Waals surface area contributed by atoms with Crippen LogP contribution < -0.4 is 10.6 Å². The highest BCUT2D eigenvalue weighted by molar-refractivity contribution is 5.97. The molecule has 0 aliphatic carbocycles. The number of carbonyl (C=O) groups excluding carboxylic acids is 2. The van der Waals surface area contributed by atoms with Gasteiger partial charge < -0.3 is 15.6 Å². The number of hydrogen-bond acceptors (Lipinski definition) is 5. The minimum absolute atomic E-state index is 0.102. The van der Waals surface area contributed by atoms with E-state index >= 15 is 0 Å². The molecule has 1 unspecified atom stereocenters. The Bertz CT molecular complexity index is 1410. The summed E-state index contributed by atoms with van der Waals surface area (Å²) in [6, 6.07) is 12.9. The second kappa shape index (κ2) is 8.86. The van der Waals surface area contributed by atoms with E-state index in [-0.39, 0.29) is 23.8 Å². The SMILES string of the molecule is O=C(Cc1ccc(C(F)(F)F)cc1)c1cc(NC2CCNC2=O)nc(-c2ccc3[nH]ccc3c2)n1. The molecular weight excluding hydrogens is 459 g/mol. The van der Waals surface area contributed by atoms with Gasteiger partial charge in [0, 0.05) is 41.7 Å². The van der Waals surface area contributed by atoms with Gasteiger partial charge in [0.05, 0.1) is 5.56 Å². The number of nitrogens with one attached hydrogen (secondary N) is 3. The Kier molecular flexibility index (Phi) is 5.72. The smallest absolute Gasteiger partial charge is 0.361 e. The molecule has 3 N–H and O–H groups in total. The lowest BCUT2D eigenvalue weighted by atomic mass is 10.0. The van der Waals surface area contributed by atoms with E-state index in [1.54, 1.807) is 0 Å². The Hall–Kier alpha value is -4.21. The summed E-state index contributed by atoms with van der Waals surface area (Å²) >= 11 is 0. The number of aromatic amines is 1. The average molecular weight is 479 g/mol. The molecule has 1 saturated heterocycles. The number of fused-ring (bicyclic) bond motifs is 1. The van der Waals surface area contributed by atoms with E-state index in [9.17, 15) is 22.8 Å². The molecule has 0 bridgehead atoms. The minimum Gasteiger partial charge on any atom is -0.361 e. The van der Waals surface area contributed by atoms with Crippen LogP contribution in [0.2, 0.25) is 0 Å². The van der Waals surface area contributed by atoms with Crippen molar-refractivity contribution in [2.24, 2.45) is 0 Å². The summed E-state index contributed by atoms with van der Waals surface area (Å²) in [5.41, 5.74) is 1.37. The molecule has 0 spiro atoms. The predicted molar refractivity (Wildman–Crippen MR) is 124 cm³/mol. The number of ketones is 1. The number of H-pyrrole nitrogens is 1. The fraction of sp³-hybridized carbons (Fsp3) is 0.200. The number of aromatic nitrogens is 3. The van der Waals surface area contributed by atoms with Gasteiger partial charge in [-0.25, -0.2) is 9.97 Å². The van der Waals surface area contributed by atoms with E-state index in [1.165, 1.54) is 18.2 Å². The first-order valence-corrected chi connectivity index (χ1v) is 11.0. The zero-order valence-corrected chi connectivity index (χ0v) is 18.3. The maximum Gasteiger partial charge on any atom is 0.416 e. The van der Waals surface area contributed by atoms with Crippen LogP contribution in [0.3, 0.4) is 0 Å². The maximum atomic E-state index is 13.1. The molecule has 7 nitrogen and oxygen atoms in total. The minimum atomic E-state index is -4.45. The molecule has 0 saturated carbocycles. The fourth-order valence-corrected chi connectivity index (χ4v) is 3.98. The van der Waals surface area contributed by atoms with E-state index in [0.29, 0.717) is 35.7 Å². The molecule has 4 aromatic rings. The van der Waals surface area contributed by atoms with Crippen LogP contribution in [0.15, 0.2) is 60.8 Å². The highest BCUT2D eigenvalue weighted by Gasteiger charge is 2.30. The molecule has 1 aliphatic heterocycles. The number of anilines is 1.